The molecule has 1 saturated heterocycles. The Labute approximate surface area is 235 Å². The van der Waals surface area contributed by atoms with Gasteiger partial charge in [0.1, 0.15) is 18.5 Å². The molecule has 0 bridgehead atoms. The van der Waals surface area contributed by atoms with Crippen molar-refractivity contribution in [3.63, 3.8) is 0 Å². The van der Waals surface area contributed by atoms with E-state index in [2.05, 4.69) is 15.0 Å². The molecular weight excluding hydrogens is 537 g/mol. The summed E-state index contributed by atoms with van der Waals surface area (Å²) in [7, 11) is 1.30. The van der Waals surface area contributed by atoms with E-state index >= 15 is 0 Å². The van der Waals surface area contributed by atoms with E-state index < -0.39 is 18.2 Å². The molecule has 1 aromatic heterocycles. The van der Waals surface area contributed by atoms with Crippen molar-refractivity contribution >= 4 is 46.0 Å². The Balaban J connectivity index is 1.20. The minimum atomic E-state index is -1.15. The van der Waals surface area contributed by atoms with Gasteiger partial charge in [0.05, 0.1) is 48.0 Å². The zero-order valence-corrected chi connectivity index (χ0v) is 22.4. The average molecular weight is 564 g/mol. The summed E-state index contributed by atoms with van der Waals surface area (Å²) in [6, 6.07) is 18.4. The van der Waals surface area contributed by atoms with Gasteiger partial charge in [-0.05, 0) is 48.0 Å². The van der Waals surface area contributed by atoms with Crippen LogP contribution in [-0.4, -0.2) is 60.1 Å². The van der Waals surface area contributed by atoms with E-state index in [9.17, 15) is 18.8 Å². The van der Waals surface area contributed by atoms with Crippen molar-refractivity contribution in [3.05, 3.63) is 94.6 Å². The molecule has 1 fully saturated rings. The third-order valence-corrected chi connectivity index (χ3v) is 7.19. The van der Waals surface area contributed by atoms with E-state index in [1.165, 1.54) is 12.0 Å². The van der Waals surface area contributed by atoms with Gasteiger partial charge in [0.25, 0.3) is 5.91 Å². The molecule has 2 atom stereocenters. The smallest absolute Gasteiger partial charge is 0.337 e. The fourth-order valence-corrected chi connectivity index (χ4v) is 5.07. The molecule has 2 N–H and O–H groups in total. The van der Waals surface area contributed by atoms with Crippen molar-refractivity contribution in [1.82, 2.24) is 9.88 Å². The number of para-hydroxylation sites is 1. The van der Waals surface area contributed by atoms with Crippen molar-refractivity contribution < 1.29 is 28.2 Å². The molecular formula is C30H27ClFN3O5. The second kappa shape index (κ2) is 11.8. The lowest BCUT2D eigenvalue weighted by atomic mass is 10.1. The van der Waals surface area contributed by atoms with Crippen LogP contribution in [0.1, 0.15) is 32.7 Å². The Morgan fingerprint density at radius 1 is 1.10 bits per heavy atom. The number of nitrogens with zero attached hydrogens (tertiary/aromatic N) is 1. The predicted octanol–water partition coefficient (Wildman–Crippen LogP) is 5.42. The van der Waals surface area contributed by atoms with Crippen molar-refractivity contribution in [2.75, 3.05) is 25.6 Å². The lowest BCUT2D eigenvalue weighted by Crippen LogP contribution is -2.40. The van der Waals surface area contributed by atoms with Gasteiger partial charge in [0, 0.05) is 23.5 Å². The zero-order chi connectivity index (χ0) is 28.2. The number of methoxy groups -OCH3 is 1. The maximum Gasteiger partial charge on any atom is 0.337 e. The molecule has 10 heteroatoms. The number of esters is 1. The molecule has 0 spiro atoms. The van der Waals surface area contributed by atoms with Gasteiger partial charge in [0.15, 0.2) is 0 Å². The first-order valence-electron chi connectivity index (χ1n) is 12.7. The van der Waals surface area contributed by atoms with Crippen LogP contribution in [0.5, 0.6) is 5.75 Å². The fraction of sp³-hybridized carbons (Fsp3) is 0.233. The highest BCUT2D eigenvalue weighted by Gasteiger charge is 2.35. The number of likely N-dealkylation sites (tertiary alicyclic amines) is 1. The molecule has 1 unspecified atom stereocenters. The number of fused-ring (bicyclic) bond motifs is 1. The number of carbonyl (C=O) groups is 3. The quantitative estimate of drug-likeness (QED) is 0.279. The van der Waals surface area contributed by atoms with Crippen LogP contribution >= 0.6 is 11.6 Å². The Morgan fingerprint density at radius 3 is 2.62 bits per heavy atom. The highest BCUT2D eigenvalue weighted by molar-refractivity contribution is 6.34. The van der Waals surface area contributed by atoms with E-state index in [0.29, 0.717) is 33.1 Å². The molecule has 40 heavy (non-hydrogen) atoms. The van der Waals surface area contributed by atoms with Gasteiger partial charge in [-0.15, -0.1) is 0 Å². The van der Waals surface area contributed by atoms with Crippen LogP contribution in [0.4, 0.5) is 10.1 Å². The molecule has 2 heterocycles. The van der Waals surface area contributed by atoms with E-state index in [-0.39, 0.29) is 37.8 Å². The van der Waals surface area contributed by atoms with Gasteiger partial charge in [-0.3, -0.25) is 9.59 Å². The summed E-state index contributed by atoms with van der Waals surface area (Å²) in [5.74, 6) is -0.512. The number of H-pyrrole nitrogens is 1. The summed E-state index contributed by atoms with van der Waals surface area (Å²) in [5.41, 5.74) is 2.79. The number of nitrogens with one attached hydrogen (secondary N) is 2. The molecule has 5 rings (SSSR count). The average Bonchev–Trinajstić information content (AvgIpc) is 3.56. The second-order valence-electron chi connectivity index (χ2n) is 9.55. The van der Waals surface area contributed by atoms with E-state index in [4.69, 9.17) is 16.3 Å². The van der Waals surface area contributed by atoms with Gasteiger partial charge in [-0.1, -0.05) is 35.9 Å². The first kappa shape index (κ1) is 27.2. The summed E-state index contributed by atoms with van der Waals surface area (Å²) in [6.07, 6.45) is 0.691. The molecule has 0 aliphatic carbocycles. The molecule has 2 amide bonds. The molecule has 0 radical (unpaired) electrons. The SMILES string of the molecule is COC(=O)c1ccc(OC[C@@H]2CC(F)CN2C(=O)Cc2ccc(NC(=O)c3c[nH]c4ccccc34)c(Cl)c2)cc1. The number of aromatic amines is 1. The summed E-state index contributed by atoms with van der Waals surface area (Å²) >= 11 is 6.45. The minimum Gasteiger partial charge on any atom is -0.491 e. The Morgan fingerprint density at radius 2 is 1.88 bits per heavy atom. The predicted molar refractivity (Wildman–Crippen MR) is 150 cm³/mol. The van der Waals surface area contributed by atoms with Crippen LogP contribution < -0.4 is 10.1 Å². The van der Waals surface area contributed by atoms with E-state index in [0.717, 1.165) is 10.9 Å². The number of ether oxygens (including phenoxy) is 2. The summed E-state index contributed by atoms with van der Waals surface area (Å²) < 4.78 is 24.8. The van der Waals surface area contributed by atoms with E-state index in [1.807, 2.05) is 24.3 Å². The lowest BCUT2D eigenvalue weighted by Gasteiger charge is -2.24. The van der Waals surface area contributed by atoms with E-state index in [1.54, 1.807) is 48.7 Å². The number of alkyl halides is 1. The number of carbonyl (C=O) groups excluding carboxylic acids is 3. The minimum absolute atomic E-state index is 0.0133. The highest BCUT2D eigenvalue weighted by atomic mass is 35.5. The first-order chi connectivity index (χ1) is 19.3. The lowest BCUT2D eigenvalue weighted by molar-refractivity contribution is -0.132. The molecule has 1 aliphatic rings. The standard InChI is InChI=1S/C30H27ClFN3O5/c1-39-30(38)19-7-9-22(10-8-19)40-17-21-14-20(32)16-35(21)28(36)13-18-6-11-27(25(31)12-18)34-29(37)24-15-33-26-5-3-2-4-23(24)26/h2-12,15,20-21,33H,13-14,16-17H2,1H3,(H,34,37)/t20?,21-/m0/s1. The number of hydrogen-bond donors (Lipinski definition) is 2. The van der Waals surface area contributed by atoms with Crippen LogP contribution in [-0.2, 0) is 16.0 Å². The highest BCUT2D eigenvalue weighted by Crippen LogP contribution is 2.27. The Bertz CT molecular complexity index is 1550. The maximum atomic E-state index is 14.3. The molecule has 1 aliphatic heterocycles. The number of amides is 2. The van der Waals surface area contributed by atoms with Crippen molar-refractivity contribution in [2.45, 2.75) is 25.1 Å². The van der Waals surface area contributed by atoms with Gasteiger partial charge < -0.3 is 24.7 Å². The number of hydrogen-bond acceptors (Lipinski definition) is 5. The monoisotopic (exact) mass is 563 g/mol. The van der Waals surface area contributed by atoms with Crippen LogP contribution in [0.25, 0.3) is 10.9 Å². The first-order valence-corrected chi connectivity index (χ1v) is 13.1. The number of anilines is 1. The van der Waals surface area contributed by atoms with Gasteiger partial charge >= 0.3 is 5.97 Å². The fourth-order valence-electron chi connectivity index (χ4n) is 4.82. The zero-order valence-electron chi connectivity index (χ0n) is 21.7. The molecule has 206 valence electrons. The summed E-state index contributed by atoms with van der Waals surface area (Å²) in [6.45, 7) is 0.101. The van der Waals surface area contributed by atoms with Crippen LogP contribution in [0.15, 0.2) is 72.9 Å². The second-order valence-corrected chi connectivity index (χ2v) is 9.96. The van der Waals surface area contributed by atoms with Crippen LogP contribution in [0, 0.1) is 0 Å². The molecule has 4 aromatic rings. The largest absolute Gasteiger partial charge is 0.491 e. The van der Waals surface area contributed by atoms with Crippen LogP contribution in [0.3, 0.4) is 0 Å². The number of halogens is 2. The Kier molecular flexibility index (Phi) is 8.02. The molecule has 8 nitrogen and oxygen atoms in total. The number of rotatable bonds is 8. The summed E-state index contributed by atoms with van der Waals surface area (Å²) in [5, 5.41) is 3.91. The number of aromatic nitrogens is 1. The van der Waals surface area contributed by atoms with Gasteiger partial charge in [-0.2, -0.15) is 0 Å². The van der Waals surface area contributed by atoms with Crippen molar-refractivity contribution in [3.8, 4) is 5.75 Å². The number of benzene rings is 3. The Hall–Kier alpha value is -4.37. The van der Waals surface area contributed by atoms with Gasteiger partial charge in [-0.25, -0.2) is 9.18 Å². The van der Waals surface area contributed by atoms with Crippen molar-refractivity contribution in [2.24, 2.45) is 0 Å². The molecule has 3 aromatic carbocycles. The normalized spacial score (nSPS) is 16.6. The summed E-state index contributed by atoms with van der Waals surface area (Å²) in [4.78, 5) is 42.1. The topological polar surface area (TPSA) is 101 Å². The molecule has 0 saturated carbocycles. The third-order valence-electron chi connectivity index (χ3n) is 6.87. The van der Waals surface area contributed by atoms with Gasteiger partial charge in [0.2, 0.25) is 5.91 Å². The maximum absolute atomic E-state index is 14.3. The third kappa shape index (κ3) is 5.94. The van der Waals surface area contributed by atoms with Crippen molar-refractivity contribution in [1.29, 1.82) is 0 Å². The van der Waals surface area contributed by atoms with Crippen LogP contribution in [0.2, 0.25) is 5.02 Å².